The Balaban J connectivity index is 2.15. The maximum absolute atomic E-state index is 13.1. The van der Waals surface area contributed by atoms with Gasteiger partial charge in [0.2, 0.25) is 5.91 Å². The number of hydrogen-bond acceptors (Lipinski definition) is 2. The molecule has 116 valence electrons. The van der Waals surface area contributed by atoms with Crippen molar-refractivity contribution in [3.8, 4) is 0 Å². The first kappa shape index (κ1) is 15.8. The SMILES string of the molecule is CC1CCCCCN1C(=O)C1CCC(N)C(C)C1(C)C. The van der Waals surface area contributed by atoms with Crippen LogP contribution in [0.25, 0.3) is 0 Å². The molecule has 2 N–H and O–H groups in total. The largest absolute Gasteiger partial charge is 0.340 e. The van der Waals surface area contributed by atoms with Gasteiger partial charge in [0.15, 0.2) is 0 Å². The summed E-state index contributed by atoms with van der Waals surface area (Å²) in [6.07, 6.45) is 6.81. The van der Waals surface area contributed by atoms with E-state index < -0.39 is 0 Å². The van der Waals surface area contributed by atoms with Crippen molar-refractivity contribution >= 4 is 5.91 Å². The number of carbonyl (C=O) groups excluding carboxylic acids is 1. The molecule has 0 radical (unpaired) electrons. The van der Waals surface area contributed by atoms with Gasteiger partial charge in [-0.25, -0.2) is 0 Å². The van der Waals surface area contributed by atoms with E-state index in [1.807, 2.05) is 0 Å². The normalized spacial score (nSPS) is 38.4. The van der Waals surface area contributed by atoms with Crippen LogP contribution in [0.1, 0.15) is 66.2 Å². The van der Waals surface area contributed by atoms with Crippen LogP contribution in [-0.4, -0.2) is 29.4 Å². The van der Waals surface area contributed by atoms with E-state index >= 15 is 0 Å². The first-order valence-electron chi connectivity index (χ1n) is 8.41. The van der Waals surface area contributed by atoms with Gasteiger partial charge >= 0.3 is 0 Å². The lowest BCUT2D eigenvalue weighted by Crippen LogP contribution is -2.53. The van der Waals surface area contributed by atoms with Crippen molar-refractivity contribution in [3.63, 3.8) is 0 Å². The van der Waals surface area contributed by atoms with Gasteiger partial charge in [0.1, 0.15) is 0 Å². The van der Waals surface area contributed by atoms with Crippen molar-refractivity contribution in [3.05, 3.63) is 0 Å². The standard InChI is InChI=1S/C17H32N2O/c1-12-8-6-5-7-11-19(12)16(20)14-9-10-15(18)13(2)17(14,3)4/h12-15H,5-11,18H2,1-4H3. The van der Waals surface area contributed by atoms with E-state index in [2.05, 4.69) is 32.6 Å². The van der Waals surface area contributed by atoms with E-state index in [1.165, 1.54) is 12.8 Å². The van der Waals surface area contributed by atoms with Gasteiger partial charge in [-0.3, -0.25) is 4.79 Å². The number of nitrogens with two attached hydrogens (primary N) is 1. The molecule has 1 heterocycles. The van der Waals surface area contributed by atoms with E-state index in [1.54, 1.807) is 0 Å². The van der Waals surface area contributed by atoms with Crippen molar-refractivity contribution in [1.82, 2.24) is 4.90 Å². The van der Waals surface area contributed by atoms with Gasteiger partial charge in [-0.2, -0.15) is 0 Å². The third-order valence-electron chi connectivity index (χ3n) is 6.14. The second-order valence-corrected chi connectivity index (χ2v) is 7.63. The Morgan fingerprint density at radius 2 is 1.80 bits per heavy atom. The van der Waals surface area contributed by atoms with Crippen LogP contribution in [0.4, 0.5) is 0 Å². The number of rotatable bonds is 1. The summed E-state index contributed by atoms with van der Waals surface area (Å²) in [7, 11) is 0. The van der Waals surface area contributed by atoms with Crippen LogP contribution >= 0.6 is 0 Å². The molecular weight excluding hydrogens is 248 g/mol. The predicted octanol–water partition coefficient (Wildman–Crippen LogP) is 3.18. The average Bonchev–Trinajstić information content (AvgIpc) is 2.60. The summed E-state index contributed by atoms with van der Waals surface area (Å²) in [4.78, 5) is 15.2. The monoisotopic (exact) mass is 280 g/mol. The number of amides is 1. The van der Waals surface area contributed by atoms with Gasteiger partial charge in [-0.15, -0.1) is 0 Å². The molecule has 1 saturated carbocycles. The topological polar surface area (TPSA) is 46.3 Å². The third kappa shape index (κ3) is 2.88. The molecule has 4 unspecified atom stereocenters. The average molecular weight is 280 g/mol. The molecule has 3 nitrogen and oxygen atoms in total. The molecule has 20 heavy (non-hydrogen) atoms. The zero-order valence-corrected chi connectivity index (χ0v) is 13.7. The Morgan fingerprint density at radius 3 is 2.50 bits per heavy atom. The maximum atomic E-state index is 13.1. The molecule has 0 aromatic rings. The van der Waals surface area contributed by atoms with Gasteiger partial charge in [0, 0.05) is 24.5 Å². The maximum Gasteiger partial charge on any atom is 0.226 e. The molecule has 1 saturated heterocycles. The lowest BCUT2D eigenvalue weighted by atomic mass is 9.60. The molecular formula is C17H32N2O. The Hall–Kier alpha value is -0.570. The highest BCUT2D eigenvalue weighted by Crippen LogP contribution is 2.45. The summed E-state index contributed by atoms with van der Waals surface area (Å²) >= 11 is 0. The van der Waals surface area contributed by atoms with Gasteiger partial charge in [-0.05, 0) is 43.9 Å². The quantitative estimate of drug-likeness (QED) is 0.802. The van der Waals surface area contributed by atoms with Crippen LogP contribution < -0.4 is 5.73 Å². The van der Waals surface area contributed by atoms with Gasteiger partial charge < -0.3 is 10.6 Å². The number of nitrogens with zero attached hydrogens (tertiary/aromatic N) is 1. The minimum Gasteiger partial charge on any atom is -0.340 e. The van der Waals surface area contributed by atoms with Crippen LogP contribution in [-0.2, 0) is 4.79 Å². The highest BCUT2D eigenvalue weighted by molar-refractivity contribution is 5.80. The zero-order valence-electron chi connectivity index (χ0n) is 13.7. The second-order valence-electron chi connectivity index (χ2n) is 7.63. The van der Waals surface area contributed by atoms with Crippen LogP contribution in [0.3, 0.4) is 0 Å². The first-order chi connectivity index (χ1) is 9.35. The number of likely N-dealkylation sites (tertiary alicyclic amines) is 1. The number of carbonyl (C=O) groups is 1. The lowest BCUT2D eigenvalue weighted by Gasteiger charge is -2.48. The van der Waals surface area contributed by atoms with Crippen LogP contribution in [0, 0.1) is 17.3 Å². The van der Waals surface area contributed by atoms with Crippen molar-refractivity contribution in [2.24, 2.45) is 23.0 Å². The van der Waals surface area contributed by atoms with E-state index in [0.29, 0.717) is 17.9 Å². The highest BCUT2D eigenvalue weighted by atomic mass is 16.2. The molecule has 2 aliphatic rings. The summed E-state index contributed by atoms with van der Waals surface area (Å²) in [6.45, 7) is 9.86. The second kappa shape index (κ2) is 6.05. The Morgan fingerprint density at radius 1 is 1.10 bits per heavy atom. The highest BCUT2D eigenvalue weighted by Gasteiger charge is 2.46. The molecule has 1 aliphatic carbocycles. The van der Waals surface area contributed by atoms with E-state index in [0.717, 1.165) is 32.2 Å². The molecule has 0 aromatic carbocycles. The molecule has 4 atom stereocenters. The van der Waals surface area contributed by atoms with Crippen molar-refractivity contribution in [2.75, 3.05) is 6.54 Å². The molecule has 0 bridgehead atoms. The molecule has 3 heteroatoms. The fourth-order valence-corrected chi connectivity index (χ4v) is 4.09. The van der Waals surface area contributed by atoms with Gasteiger partial charge in [0.25, 0.3) is 0 Å². The van der Waals surface area contributed by atoms with Crippen LogP contribution in [0.2, 0.25) is 0 Å². The van der Waals surface area contributed by atoms with Crippen molar-refractivity contribution in [1.29, 1.82) is 0 Å². The first-order valence-corrected chi connectivity index (χ1v) is 8.41. The van der Waals surface area contributed by atoms with E-state index in [4.69, 9.17) is 5.73 Å². The summed E-state index contributed by atoms with van der Waals surface area (Å²) in [6, 6.07) is 0.655. The molecule has 2 rings (SSSR count). The summed E-state index contributed by atoms with van der Waals surface area (Å²) in [5.41, 5.74) is 6.24. The number of hydrogen-bond donors (Lipinski definition) is 1. The molecule has 0 aromatic heterocycles. The van der Waals surface area contributed by atoms with Crippen LogP contribution in [0.5, 0.6) is 0 Å². The Bertz CT molecular complexity index is 353. The molecule has 1 aliphatic heterocycles. The van der Waals surface area contributed by atoms with Crippen molar-refractivity contribution < 1.29 is 4.79 Å². The van der Waals surface area contributed by atoms with Crippen molar-refractivity contribution in [2.45, 2.75) is 78.3 Å². The fraction of sp³-hybridized carbons (Fsp3) is 0.941. The summed E-state index contributed by atoms with van der Waals surface area (Å²) < 4.78 is 0. The zero-order chi connectivity index (χ0) is 14.9. The summed E-state index contributed by atoms with van der Waals surface area (Å²) in [5, 5.41) is 0. The van der Waals surface area contributed by atoms with Gasteiger partial charge in [0.05, 0.1) is 0 Å². The molecule has 2 fully saturated rings. The lowest BCUT2D eigenvalue weighted by molar-refractivity contribution is -0.145. The third-order valence-corrected chi connectivity index (χ3v) is 6.14. The van der Waals surface area contributed by atoms with Gasteiger partial charge in [-0.1, -0.05) is 33.6 Å². The Kier molecular flexibility index (Phi) is 4.78. The van der Waals surface area contributed by atoms with E-state index in [-0.39, 0.29) is 17.4 Å². The minimum atomic E-state index is 0.0147. The predicted molar refractivity (Wildman–Crippen MR) is 83.3 cm³/mol. The van der Waals surface area contributed by atoms with E-state index in [9.17, 15) is 4.79 Å². The summed E-state index contributed by atoms with van der Waals surface area (Å²) in [5.74, 6) is 0.952. The minimum absolute atomic E-state index is 0.0147. The van der Waals surface area contributed by atoms with Crippen LogP contribution in [0.15, 0.2) is 0 Å². The molecule has 0 spiro atoms. The Labute approximate surface area is 124 Å². The molecule has 1 amide bonds. The smallest absolute Gasteiger partial charge is 0.226 e. The fourth-order valence-electron chi connectivity index (χ4n) is 4.09.